The molecule has 2 aromatic rings. The Balaban J connectivity index is 1.70. The number of carbonyl (C=O) groups excluding carboxylic acids is 1. The minimum atomic E-state index is -0.366. The molecule has 0 unspecified atom stereocenters. The molecule has 3 rings (SSSR count). The van der Waals surface area contributed by atoms with Crippen LogP contribution in [0.4, 0.5) is 20.6 Å². The fourth-order valence-corrected chi connectivity index (χ4v) is 3.82. The van der Waals surface area contributed by atoms with Crippen LogP contribution >= 0.6 is 0 Å². The monoisotopic (exact) mass is 415 g/mol. The summed E-state index contributed by atoms with van der Waals surface area (Å²) >= 11 is 0. The second kappa shape index (κ2) is 9.34. The number of anilines is 2. The van der Waals surface area contributed by atoms with Gasteiger partial charge in [-0.3, -0.25) is 0 Å². The van der Waals surface area contributed by atoms with Gasteiger partial charge in [0.25, 0.3) is 0 Å². The van der Waals surface area contributed by atoms with Crippen molar-refractivity contribution in [1.82, 2.24) is 4.90 Å². The fraction of sp³-hybridized carbons (Fsp3) is 0.435. The van der Waals surface area contributed by atoms with Gasteiger partial charge in [-0.05, 0) is 45.0 Å². The highest BCUT2D eigenvalue weighted by molar-refractivity contribution is 5.89. The highest BCUT2D eigenvalue weighted by atomic mass is 19.1. The molecule has 1 N–H and O–H groups in total. The molecule has 2 aromatic carbocycles. The Kier molecular flexibility index (Phi) is 6.82. The van der Waals surface area contributed by atoms with Gasteiger partial charge in [0.1, 0.15) is 11.6 Å². The molecule has 3 atom stereocenters. The van der Waals surface area contributed by atoms with E-state index in [1.807, 2.05) is 49.9 Å². The number of para-hydroxylation sites is 1. The van der Waals surface area contributed by atoms with Crippen LogP contribution in [0.1, 0.15) is 32.4 Å². The number of morpholine rings is 1. The van der Waals surface area contributed by atoms with Crippen molar-refractivity contribution in [3.63, 3.8) is 0 Å². The maximum absolute atomic E-state index is 14.8. The van der Waals surface area contributed by atoms with Crippen molar-refractivity contribution >= 4 is 17.4 Å². The van der Waals surface area contributed by atoms with Crippen molar-refractivity contribution in [3.8, 4) is 5.75 Å². The predicted octanol–water partition coefficient (Wildman–Crippen LogP) is 4.67. The third-order valence-electron chi connectivity index (χ3n) is 5.45. The quantitative estimate of drug-likeness (QED) is 0.771. The number of nitrogens with zero attached hydrogens (tertiary/aromatic N) is 2. The van der Waals surface area contributed by atoms with Crippen LogP contribution in [0.25, 0.3) is 0 Å². The van der Waals surface area contributed by atoms with Crippen molar-refractivity contribution in [2.24, 2.45) is 0 Å². The maximum Gasteiger partial charge on any atom is 0.322 e. The zero-order valence-electron chi connectivity index (χ0n) is 18.2. The molecule has 0 aromatic heterocycles. The molecule has 1 fully saturated rings. The van der Waals surface area contributed by atoms with Gasteiger partial charge in [0.15, 0.2) is 0 Å². The Morgan fingerprint density at radius 2 is 1.90 bits per heavy atom. The van der Waals surface area contributed by atoms with E-state index in [9.17, 15) is 9.18 Å². The number of hydrogen-bond acceptors (Lipinski definition) is 4. The molecule has 6 nitrogen and oxygen atoms in total. The summed E-state index contributed by atoms with van der Waals surface area (Å²) in [6.07, 6.45) is 0.0790. The fourth-order valence-electron chi connectivity index (χ4n) is 3.82. The zero-order valence-corrected chi connectivity index (χ0v) is 18.2. The Bertz CT molecular complexity index is 882. The lowest BCUT2D eigenvalue weighted by molar-refractivity contribution is -0.00539. The van der Waals surface area contributed by atoms with Crippen LogP contribution in [0.3, 0.4) is 0 Å². The molecule has 0 spiro atoms. The van der Waals surface area contributed by atoms with E-state index in [2.05, 4.69) is 5.32 Å². The summed E-state index contributed by atoms with van der Waals surface area (Å²) < 4.78 is 25.9. The summed E-state index contributed by atoms with van der Waals surface area (Å²) in [5.41, 5.74) is 1.83. The second-order valence-electron chi connectivity index (χ2n) is 7.79. The molecule has 0 radical (unpaired) electrons. The third kappa shape index (κ3) is 4.84. The largest absolute Gasteiger partial charge is 0.496 e. The number of amides is 2. The number of nitrogens with one attached hydrogen (secondary N) is 1. The first-order valence-electron chi connectivity index (χ1n) is 10.2. The third-order valence-corrected chi connectivity index (χ3v) is 5.45. The van der Waals surface area contributed by atoms with E-state index in [0.717, 1.165) is 5.56 Å². The Morgan fingerprint density at radius 3 is 2.53 bits per heavy atom. The van der Waals surface area contributed by atoms with E-state index >= 15 is 0 Å². The van der Waals surface area contributed by atoms with Gasteiger partial charge in [0.2, 0.25) is 0 Å². The second-order valence-corrected chi connectivity index (χ2v) is 7.79. The van der Waals surface area contributed by atoms with E-state index < -0.39 is 0 Å². The number of hydrogen-bond donors (Lipinski definition) is 1. The average molecular weight is 416 g/mol. The van der Waals surface area contributed by atoms with Crippen LogP contribution in [-0.2, 0) is 4.74 Å². The summed E-state index contributed by atoms with van der Waals surface area (Å²) in [6.45, 7) is 7.14. The van der Waals surface area contributed by atoms with Crippen molar-refractivity contribution in [2.75, 3.05) is 37.5 Å². The first-order chi connectivity index (χ1) is 14.3. The summed E-state index contributed by atoms with van der Waals surface area (Å²) in [6, 6.07) is 11.8. The normalized spacial score (nSPS) is 19.9. The van der Waals surface area contributed by atoms with Crippen LogP contribution in [0, 0.1) is 5.82 Å². The molecule has 1 heterocycles. The smallest absolute Gasteiger partial charge is 0.322 e. The number of rotatable bonds is 5. The first kappa shape index (κ1) is 21.9. The van der Waals surface area contributed by atoms with E-state index in [1.54, 1.807) is 31.2 Å². The summed E-state index contributed by atoms with van der Waals surface area (Å²) in [5.74, 6) is 0.351. The number of methoxy groups -OCH3 is 1. The van der Waals surface area contributed by atoms with Gasteiger partial charge in [-0.2, -0.15) is 0 Å². The minimum absolute atomic E-state index is 0.0395. The van der Waals surface area contributed by atoms with Gasteiger partial charge in [-0.25, -0.2) is 9.18 Å². The lowest BCUT2D eigenvalue weighted by Crippen LogP contribution is -2.45. The number of carbonyl (C=O) groups is 1. The van der Waals surface area contributed by atoms with Gasteiger partial charge in [-0.1, -0.05) is 18.2 Å². The summed E-state index contributed by atoms with van der Waals surface area (Å²) in [4.78, 5) is 16.3. The van der Waals surface area contributed by atoms with Gasteiger partial charge in [0.05, 0.1) is 31.0 Å². The van der Waals surface area contributed by atoms with Crippen molar-refractivity contribution in [3.05, 3.63) is 53.8 Å². The molecule has 1 saturated heterocycles. The molecule has 0 aliphatic carbocycles. The molecule has 1 aliphatic rings. The Labute approximate surface area is 177 Å². The molecule has 2 amide bonds. The Morgan fingerprint density at radius 1 is 1.23 bits per heavy atom. The van der Waals surface area contributed by atoms with E-state index in [-0.39, 0.29) is 30.1 Å². The van der Waals surface area contributed by atoms with Crippen molar-refractivity contribution < 1.29 is 18.7 Å². The molecule has 7 heteroatoms. The molecule has 0 bridgehead atoms. The van der Waals surface area contributed by atoms with Crippen molar-refractivity contribution in [2.45, 2.75) is 39.0 Å². The predicted molar refractivity (Wildman–Crippen MR) is 117 cm³/mol. The van der Waals surface area contributed by atoms with E-state index in [1.165, 1.54) is 6.07 Å². The van der Waals surface area contributed by atoms with Gasteiger partial charge in [0, 0.05) is 31.4 Å². The lowest BCUT2D eigenvalue weighted by atomic mass is 10.1. The number of urea groups is 1. The van der Waals surface area contributed by atoms with Gasteiger partial charge in [-0.15, -0.1) is 0 Å². The number of benzene rings is 2. The van der Waals surface area contributed by atoms with Gasteiger partial charge >= 0.3 is 6.03 Å². The molecule has 0 saturated carbocycles. The standard InChI is InChI=1S/C23H30FN3O3/c1-15-13-27(14-16(2)30-15)21-11-10-18(12-20(21)24)25-23(28)26(4)17(3)19-8-6-7-9-22(19)29-5/h6-12,15-17H,13-14H2,1-5H3,(H,25,28)/t15-,16+,17-/m1/s1. The van der Waals surface area contributed by atoms with E-state index in [0.29, 0.717) is 30.2 Å². The van der Waals surface area contributed by atoms with Crippen LogP contribution < -0.4 is 15.0 Å². The highest BCUT2D eigenvalue weighted by Crippen LogP contribution is 2.29. The van der Waals surface area contributed by atoms with Crippen LogP contribution in [0.2, 0.25) is 0 Å². The van der Waals surface area contributed by atoms with Crippen LogP contribution in [0.15, 0.2) is 42.5 Å². The van der Waals surface area contributed by atoms with Crippen LogP contribution in [-0.4, -0.2) is 50.4 Å². The van der Waals surface area contributed by atoms with Crippen molar-refractivity contribution in [1.29, 1.82) is 0 Å². The number of halogens is 1. The number of ether oxygens (including phenoxy) is 2. The summed E-state index contributed by atoms with van der Waals surface area (Å²) in [7, 11) is 3.31. The van der Waals surface area contributed by atoms with E-state index in [4.69, 9.17) is 9.47 Å². The topological polar surface area (TPSA) is 54.0 Å². The molecular formula is C23H30FN3O3. The first-order valence-corrected chi connectivity index (χ1v) is 10.2. The minimum Gasteiger partial charge on any atom is -0.496 e. The molecule has 30 heavy (non-hydrogen) atoms. The summed E-state index contributed by atoms with van der Waals surface area (Å²) in [5, 5.41) is 2.78. The molecule has 162 valence electrons. The molecule has 1 aliphatic heterocycles. The molecular weight excluding hydrogens is 385 g/mol. The average Bonchev–Trinajstić information content (AvgIpc) is 2.72. The maximum atomic E-state index is 14.8. The Hall–Kier alpha value is -2.80. The van der Waals surface area contributed by atoms with Crippen LogP contribution in [0.5, 0.6) is 5.75 Å². The lowest BCUT2D eigenvalue weighted by Gasteiger charge is -2.37. The van der Waals surface area contributed by atoms with Gasteiger partial charge < -0.3 is 24.6 Å². The SMILES string of the molecule is COc1ccccc1[C@@H](C)N(C)C(=O)Nc1ccc(N2C[C@@H](C)O[C@@H](C)C2)c(F)c1. The zero-order chi connectivity index (χ0) is 21.8. The highest BCUT2D eigenvalue weighted by Gasteiger charge is 2.25.